The Balaban J connectivity index is 1.83. The Labute approximate surface area is 147 Å². The number of aromatic nitrogens is 2. The van der Waals surface area contributed by atoms with Gasteiger partial charge in [-0.05, 0) is 32.8 Å². The van der Waals surface area contributed by atoms with E-state index in [0.717, 1.165) is 25.0 Å². The molecular weight excluding hydrogens is 320 g/mol. The molecule has 0 radical (unpaired) electrons. The lowest BCUT2D eigenvalue weighted by Crippen LogP contribution is -2.53. The van der Waals surface area contributed by atoms with Crippen LogP contribution in [-0.2, 0) is 14.3 Å². The number of likely N-dealkylation sites (tertiary alicyclic amines) is 1. The Morgan fingerprint density at radius 1 is 1.52 bits per heavy atom. The Bertz CT molecular complexity index is 668. The van der Waals surface area contributed by atoms with Crippen LogP contribution in [0.5, 0.6) is 0 Å². The highest BCUT2D eigenvalue weighted by molar-refractivity contribution is 5.92. The van der Waals surface area contributed by atoms with E-state index in [9.17, 15) is 9.59 Å². The van der Waals surface area contributed by atoms with Gasteiger partial charge in [0.2, 0.25) is 11.8 Å². The molecule has 3 rings (SSSR count). The third-order valence-electron chi connectivity index (χ3n) is 5.16. The van der Waals surface area contributed by atoms with Crippen molar-refractivity contribution in [1.29, 1.82) is 0 Å². The molecule has 0 aliphatic carbocycles. The van der Waals surface area contributed by atoms with E-state index in [4.69, 9.17) is 4.74 Å². The normalized spacial score (nSPS) is 28.1. The van der Waals surface area contributed by atoms with Crippen LogP contribution in [0.15, 0.2) is 18.6 Å². The molecule has 1 aromatic rings. The van der Waals surface area contributed by atoms with Gasteiger partial charge in [0.25, 0.3) is 0 Å². The highest BCUT2D eigenvalue weighted by Gasteiger charge is 2.58. The molecule has 0 bridgehead atoms. The van der Waals surface area contributed by atoms with Crippen molar-refractivity contribution in [2.75, 3.05) is 13.6 Å². The lowest BCUT2D eigenvalue weighted by atomic mass is 9.82. The molecule has 2 saturated heterocycles. The van der Waals surface area contributed by atoms with Gasteiger partial charge in [-0.1, -0.05) is 0 Å². The molecule has 7 nitrogen and oxygen atoms in total. The maximum Gasteiger partial charge on any atom is 0.247 e. The van der Waals surface area contributed by atoms with Gasteiger partial charge in [0.15, 0.2) is 0 Å². The number of carbonyl (C=O) groups is 2. The minimum absolute atomic E-state index is 0.0460. The van der Waals surface area contributed by atoms with Crippen molar-refractivity contribution in [2.45, 2.75) is 56.8 Å². The van der Waals surface area contributed by atoms with Gasteiger partial charge < -0.3 is 19.9 Å². The average Bonchev–Trinajstić information content (AvgIpc) is 3.25. The van der Waals surface area contributed by atoms with Crippen LogP contribution in [0.4, 0.5) is 0 Å². The molecule has 7 heteroatoms. The third kappa shape index (κ3) is 3.46. The molecule has 1 aromatic heterocycles. The predicted octanol–water partition coefficient (Wildman–Crippen LogP) is 1.49. The summed E-state index contributed by atoms with van der Waals surface area (Å²) in [6.07, 6.45) is 9.07. The van der Waals surface area contributed by atoms with Crippen LogP contribution in [0.1, 0.15) is 45.2 Å². The summed E-state index contributed by atoms with van der Waals surface area (Å²) in [5, 5.41) is 2.67. The number of carbonyl (C=O) groups excluding carboxylic acids is 2. The van der Waals surface area contributed by atoms with E-state index in [1.165, 1.54) is 0 Å². The second-order valence-electron chi connectivity index (χ2n) is 7.46. The zero-order valence-corrected chi connectivity index (χ0v) is 15.0. The van der Waals surface area contributed by atoms with E-state index in [1.54, 1.807) is 31.7 Å². The van der Waals surface area contributed by atoms with Crippen LogP contribution in [0, 0.1) is 0 Å². The first kappa shape index (κ1) is 17.7. The summed E-state index contributed by atoms with van der Waals surface area (Å²) in [5.41, 5.74) is 0.0200. The van der Waals surface area contributed by atoms with E-state index in [-0.39, 0.29) is 29.9 Å². The average molecular weight is 346 g/mol. The Morgan fingerprint density at radius 2 is 2.32 bits per heavy atom. The Hall–Kier alpha value is -2.15. The van der Waals surface area contributed by atoms with Crippen molar-refractivity contribution in [3.63, 3.8) is 0 Å². The van der Waals surface area contributed by atoms with Gasteiger partial charge in [0.1, 0.15) is 0 Å². The van der Waals surface area contributed by atoms with Crippen LogP contribution in [0.25, 0.3) is 6.08 Å². The summed E-state index contributed by atoms with van der Waals surface area (Å²) < 4.78 is 6.19. The van der Waals surface area contributed by atoms with Gasteiger partial charge >= 0.3 is 0 Å². The smallest absolute Gasteiger partial charge is 0.247 e. The van der Waals surface area contributed by atoms with Gasteiger partial charge in [-0.3, -0.25) is 9.59 Å². The van der Waals surface area contributed by atoms with Crippen molar-refractivity contribution < 1.29 is 14.3 Å². The molecule has 2 atom stereocenters. The highest BCUT2D eigenvalue weighted by atomic mass is 16.5. The lowest BCUT2D eigenvalue weighted by molar-refractivity contribution is -0.136. The molecule has 2 aliphatic heterocycles. The number of hydrogen-bond acceptors (Lipinski definition) is 4. The summed E-state index contributed by atoms with van der Waals surface area (Å²) in [7, 11) is 1.62. The zero-order valence-electron chi connectivity index (χ0n) is 15.0. The lowest BCUT2D eigenvalue weighted by Gasteiger charge is -2.38. The fraction of sp³-hybridized carbons (Fsp3) is 0.611. The second-order valence-corrected chi connectivity index (χ2v) is 7.46. The number of amides is 2. The van der Waals surface area contributed by atoms with Gasteiger partial charge in [0, 0.05) is 26.1 Å². The van der Waals surface area contributed by atoms with E-state index in [2.05, 4.69) is 15.3 Å². The van der Waals surface area contributed by atoms with Crippen molar-refractivity contribution in [3.05, 3.63) is 24.3 Å². The Morgan fingerprint density at radius 3 is 3.00 bits per heavy atom. The fourth-order valence-corrected chi connectivity index (χ4v) is 4.25. The zero-order chi connectivity index (χ0) is 18.1. The van der Waals surface area contributed by atoms with Crippen LogP contribution in [0.3, 0.4) is 0 Å². The number of rotatable bonds is 4. The molecule has 1 spiro atoms. The van der Waals surface area contributed by atoms with E-state index < -0.39 is 5.54 Å². The number of aromatic amines is 1. The minimum atomic E-state index is -0.411. The molecule has 0 saturated carbocycles. The van der Waals surface area contributed by atoms with Gasteiger partial charge in [-0.2, -0.15) is 0 Å². The van der Waals surface area contributed by atoms with Crippen molar-refractivity contribution in [3.8, 4) is 0 Å². The monoisotopic (exact) mass is 346 g/mol. The summed E-state index contributed by atoms with van der Waals surface area (Å²) in [6.45, 7) is 4.75. The largest absolute Gasteiger partial charge is 0.369 e. The first-order valence-electron chi connectivity index (χ1n) is 8.73. The van der Waals surface area contributed by atoms with E-state index >= 15 is 0 Å². The summed E-state index contributed by atoms with van der Waals surface area (Å²) in [5.74, 6) is -0.107. The first-order chi connectivity index (χ1) is 11.9. The number of imidazole rings is 1. The maximum atomic E-state index is 12.9. The Kier molecular flexibility index (Phi) is 4.69. The molecule has 136 valence electrons. The van der Waals surface area contributed by atoms with Crippen LogP contribution in [0.2, 0.25) is 0 Å². The summed E-state index contributed by atoms with van der Waals surface area (Å²) in [6, 6.07) is 0. The predicted molar refractivity (Wildman–Crippen MR) is 93.6 cm³/mol. The molecule has 2 fully saturated rings. The quantitative estimate of drug-likeness (QED) is 0.809. The van der Waals surface area contributed by atoms with E-state index in [0.29, 0.717) is 6.54 Å². The molecule has 3 heterocycles. The standard InChI is InChI=1S/C18H26N4O3/c1-17(2)11-18(14(25-17)9-15(23)19-3)7-4-8-22(18)16(24)6-5-13-10-20-12-21-13/h5-6,10,12,14H,4,7-9,11H2,1-3H3,(H,19,23)(H,20,21)/b6-5+/t14-,18+/m0/s1. The van der Waals surface area contributed by atoms with E-state index in [1.807, 2.05) is 18.7 Å². The number of nitrogens with zero attached hydrogens (tertiary/aromatic N) is 2. The second kappa shape index (κ2) is 6.63. The topological polar surface area (TPSA) is 87.3 Å². The van der Waals surface area contributed by atoms with Crippen molar-refractivity contribution >= 4 is 17.9 Å². The maximum absolute atomic E-state index is 12.9. The first-order valence-corrected chi connectivity index (χ1v) is 8.73. The third-order valence-corrected chi connectivity index (χ3v) is 5.16. The molecular formula is C18H26N4O3. The van der Waals surface area contributed by atoms with Crippen LogP contribution in [-0.4, -0.2) is 57.5 Å². The SMILES string of the molecule is CNC(=O)C[C@@H]1OC(C)(C)C[C@]12CCCN2C(=O)/C=C/c1cnc[nH]1. The number of ether oxygens (including phenoxy) is 1. The molecule has 2 aliphatic rings. The minimum Gasteiger partial charge on any atom is -0.369 e. The van der Waals surface area contributed by atoms with Crippen LogP contribution >= 0.6 is 0 Å². The molecule has 2 amide bonds. The molecule has 0 unspecified atom stereocenters. The number of hydrogen-bond donors (Lipinski definition) is 2. The number of H-pyrrole nitrogens is 1. The van der Waals surface area contributed by atoms with Crippen molar-refractivity contribution in [2.24, 2.45) is 0 Å². The van der Waals surface area contributed by atoms with Gasteiger partial charge in [-0.25, -0.2) is 4.98 Å². The van der Waals surface area contributed by atoms with Gasteiger partial charge in [0.05, 0.1) is 41.9 Å². The fourth-order valence-electron chi connectivity index (χ4n) is 4.25. The molecule has 0 aromatic carbocycles. The van der Waals surface area contributed by atoms with Crippen molar-refractivity contribution in [1.82, 2.24) is 20.2 Å². The molecule has 25 heavy (non-hydrogen) atoms. The van der Waals surface area contributed by atoms with Crippen LogP contribution < -0.4 is 5.32 Å². The highest BCUT2D eigenvalue weighted by Crippen LogP contribution is 2.48. The summed E-state index contributed by atoms with van der Waals surface area (Å²) in [4.78, 5) is 33.6. The summed E-state index contributed by atoms with van der Waals surface area (Å²) >= 11 is 0. The molecule has 2 N–H and O–H groups in total. The van der Waals surface area contributed by atoms with Gasteiger partial charge in [-0.15, -0.1) is 0 Å². The number of nitrogens with one attached hydrogen (secondary N) is 2.